The Balaban J connectivity index is 1.56. The van der Waals surface area contributed by atoms with Crippen molar-refractivity contribution in [1.82, 2.24) is 14.8 Å². The molecule has 2 amide bonds. The highest BCUT2D eigenvalue weighted by Gasteiger charge is 2.56. The molecule has 1 aromatic heterocycles. The lowest BCUT2D eigenvalue weighted by Gasteiger charge is -2.49. The van der Waals surface area contributed by atoms with Gasteiger partial charge in [-0.25, -0.2) is 0 Å². The Morgan fingerprint density at radius 2 is 1.72 bits per heavy atom. The second-order valence-corrected chi connectivity index (χ2v) is 11.6. The lowest BCUT2D eigenvalue weighted by Crippen LogP contribution is -2.67. The van der Waals surface area contributed by atoms with Crippen LogP contribution in [0.15, 0.2) is 67.0 Å². The van der Waals surface area contributed by atoms with Gasteiger partial charge >= 0.3 is 12.4 Å². The number of aromatic nitrogens is 1. The van der Waals surface area contributed by atoms with Crippen LogP contribution in [-0.4, -0.2) is 63.0 Å². The second-order valence-electron chi connectivity index (χ2n) is 11.6. The van der Waals surface area contributed by atoms with Crippen LogP contribution in [0.2, 0.25) is 0 Å². The molecule has 1 unspecified atom stereocenters. The van der Waals surface area contributed by atoms with Crippen molar-refractivity contribution in [2.24, 2.45) is 0 Å². The van der Waals surface area contributed by atoms with E-state index >= 15 is 0 Å². The van der Waals surface area contributed by atoms with Crippen LogP contribution < -0.4 is 4.74 Å². The van der Waals surface area contributed by atoms with Gasteiger partial charge in [0, 0.05) is 44.4 Å². The van der Waals surface area contributed by atoms with E-state index in [2.05, 4.69) is 4.98 Å². The first-order valence-electron chi connectivity index (χ1n) is 15.0. The number of hydrogen-bond donors (Lipinski definition) is 1. The van der Waals surface area contributed by atoms with Crippen LogP contribution in [-0.2, 0) is 17.1 Å². The van der Waals surface area contributed by atoms with Crippen molar-refractivity contribution in [2.45, 2.75) is 68.9 Å². The number of nitrogens with zero attached hydrogens (tertiary/aromatic N) is 3. The third-order valence-electron chi connectivity index (χ3n) is 8.74. The average molecular weight is 650 g/mol. The molecule has 2 saturated heterocycles. The number of aromatic hydroxyl groups is 1. The molecular weight excluding hydrogens is 616 g/mol. The van der Waals surface area contributed by atoms with Gasteiger partial charge in [0.05, 0.1) is 22.7 Å². The van der Waals surface area contributed by atoms with Gasteiger partial charge < -0.3 is 19.6 Å². The van der Waals surface area contributed by atoms with Crippen LogP contribution in [0.25, 0.3) is 0 Å². The third kappa shape index (κ3) is 6.50. The molecule has 1 N–H and O–H groups in total. The van der Waals surface area contributed by atoms with E-state index < -0.39 is 52.5 Å². The summed E-state index contributed by atoms with van der Waals surface area (Å²) in [6.45, 7) is 2.28. The minimum Gasteiger partial charge on any atom is -0.508 e. The average Bonchev–Trinajstić information content (AvgIpc) is 3.51. The van der Waals surface area contributed by atoms with Crippen molar-refractivity contribution in [3.63, 3.8) is 0 Å². The summed E-state index contributed by atoms with van der Waals surface area (Å²) < 4.78 is 88.2. The van der Waals surface area contributed by atoms with E-state index in [1.807, 2.05) is 0 Å². The fourth-order valence-electron chi connectivity index (χ4n) is 6.59. The molecule has 7 nitrogen and oxygen atoms in total. The van der Waals surface area contributed by atoms with Crippen molar-refractivity contribution >= 4 is 11.8 Å². The SMILES string of the molecule is CCC[C@H]1N(C(=O)c2cnccc2C(F)(F)F)CCC[C@@]1(Oc1ccc(C(F)(F)F)cc1)C(=O)N1CCC(c2ccccc2O)C1. The zero-order valence-electron chi connectivity index (χ0n) is 24.9. The highest BCUT2D eigenvalue weighted by atomic mass is 19.4. The van der Waals surface area contributed by atoms with Crippen LogP contribution in [0.1, 0.15) is 72.0 Å². The zero-order chi connectivity index (χ0) is 33.3. The molecule has 2 aliphatic heterocycles. The summed E-state index contributed by atoms with van der Waals surface area (Å²) in [6, 6.07) is 10.3. The number of benzene rings is 2. The molecule has 46 heavy (non-hydrogen) atoms. The molecule has 13 heteroatoms. The molecule has 0 spiro atoms. The Kier molecular flexibility index (Phi) is 9.23. The quantitative estimate of drug-likeness (QED) is 0.277. The topological polar surface area (TPSA) is 83.0 Å². The number of phenolic OH excluding ortho intramolecular Hbond substituents is 1. The largest absolute Gasteiger partial charge is 0.508 e. The molecule has 2 aromatic carbocycles. The first kappa shape index (κ1) is 33.1. The first-order valence-corrected chi connectivity index (χ1v) is 15.0. The molecule has 0 aliphatic carbocycles. The molecule has 0 bridgehead atoms. The number of para-hydroxylation sites is 1. The Morgan fingerprint density at radius 1 is 1.00 bits per heavy atom. The monoisotopic (exact) mass is 649 g/mol. The number of amides is 2. The van der Waals surface area contributed by atoms with Gasteiger partial charge in [-0.2, -0.15) is 26.3 Å². The minimum atomic E-state index is -4.85. The molecule has 3 atom stereocenters. The lowest BCUT2D eigenvalue weighted by atomic mass is 9.79. The molecule has 3 aromatic rings. The number of alkyl halides is 6. The van der Waals surface area contributed by atoms with Crippen LogP contribution >= 0.6 is 0 Å². The molecule has 2 fully saturated rings. The maximum absolute atomic E-state index is 14.7. The van der Waals surface area contributed by atoms with Crippen molar-refractivity contribution in [1.29, 1.82) is 0 Å². The number of ether oxygens (including phenoxy) is 1. The van der Waals surface area contributed by atoms with E-state index in [0.29, 0.717) is 24.5 Å². The van der Waals surface area contributed by atoms with Gasteiger partial charge in [-0.15, -0.1) is 0 Å². The molecule has 5 rings (SSSR count). The number of rotatable bonds is 7. The van der Waals surface area contributed by atoms with E-state index in [1.54, 1.807) is 36.1 Å². The fourth-order valence-corrected chi connectivity index (χ4v) is 6.59. The van der Waals surface area contributed by atoms with Crippen molar-refractivity contribution < 1.29 is 45.8 Å². The van der Waals surface area contributed by atoms with Crippen molar-refractivity contribution in [2.75, 3.05) is 19.6 Å². The van der Waals surface area contributed by atoms with E-state index in [-0.39, 0.29) is 56.3 Å². The van der Waals surface area contributed by atoms with Crippen LogP contribution in [0.5, 0.6) is 11.5 Å². The molecule has 0 radical (unpaired) electrons. The van der Waals surface area contributed by atoms with E-state index in [0.717, 1.165) is 36.7 Å². The second kappa shape index (κ2) is 12.8. The fraction of sp³-hybridized carbons (Fsp3) is 0.424. The predicted molar refractivity (Wildman–Crippen MR) is 155 cm³/mol. The van der Waals surface area contributed by atoms with Crippen molar-refractivity contribution in [3.8, 4) is 11.5 Å². The Hall–Kier alpha value is -4.29. The number of phenols is 1. The third-order valence-corrected chi connectivity index (χ3v) is 8.74. The number of piperidine rings is 1. The highest BCUT2D eigenvalue weighted by Crippen LogP contribution is 2.42. The molecular formula is C33H33F6N3O4. The lowest BCUT2D eigenvalue weighted by molar-refractivity contribution is -0.158. The van der Waals surface area contributed by atoms with Crippen molar-refractivity contribution in [3.05, 3.63) is 89.2 Å². The molecule has 2 aliphatic rings. The summed E-state index contributed by atoms with van der Waals surface area (Å²) in [4.78, 5) is 35.1. The Morgan fingerprint density at radius 3 is 2.37 bits per heavy atom. The van der Waals surface area contributed by atoms with E-state index in [1.165, 1.54) is 4.90 Å². The molecule has 3 heterocycles. The molecule has 0 saturated carbocycles. The summed E-state index contributed by atoms with van der Waals surface area (Å²) in [5, 5.41) is 10.4. The number of likely N-dealkylation sites (tertiary alicyclic amines) is 2. The maximum atomic E-state index is 14.7. The number of halogens is 6. The van der Waals surface area contributed by atoms with Gasteiger partial charge in [-0.1, -0.05) is 31.5 Å². The van der Waals surface area contributed by atoms with Gasteiger partial charge in [0.2, 0.25) is 5.60 Å². The minimum absolute atomic E-state index is 0.0294. The number of carbonyl (C=O) groups excluding carboxylic acids is 2. The smallest absolute Gasteiger partial charge is 0.417 e. The van der Waals surface area contributed by atoms with E-state index in [9.17, 15) is 41.0 Å². The number of pyridine rings is 1. The van der Waals surface area contributed by atoms with Crippen LogP contribution in [0.3, 0.4) is 0 Å². The standard InChI is InChI=1S/C33H33F6N3O4/c1-2-6-28-31(46-23-11-9-22(10-12-23)32(34,35)36,30(45)41-18-14-21(20-41)24-7-3-4-8-27(24)43)15-5-17-42(28)29(44)25-19-40-16-13-26(25)33(37,38)39/h3-4,7-13,16,19,21,28,43H,2,5-6,14-15,17-18,20H2,1H3/t21?,28-,31+/m1/s1. The summed E-state index contributed by atoms with van der Waals surface area (Å²) in [6.07, 6.45) is -6.34. The highest BCUT2D eigenvalue weighted by molar-refractivity contribution is 5.97. The maximum Gasteiger partial charge on any atom is 0.417 e. The summed E-state index contributed by atoms with van der Waals surface area (Å²) in [5.74, 6) is -1.69. The van der Waals surface area contributed by atoms with Crippen LogP contribution in [0, 0.1) is 0 Å². The van der Waals surface area contributed by atoms with E-state index in [4.69, 9.17) is 4.74 Å². The van der Waals surface area contributed by atoms with Gasteiger partial charge in [0.25, 0.3) is 11.8 Å². The first-order chi connectivity index (χ1) is 21.8. The van der Waals surface area contributed by atoms with Gasteiger partial charge in [-0.3, -0.25) is 14.6 Å². The normalized spacial score (nSPS) is 22.2. The summed E-state index contributed by atoms with van der Waals surface area (Å²) in [5.41, 5.74) is -3.93. The summed E-state index contributed by atoms with van der Waals surface area (Å²) >= 11 is 0. The van der Waals surface area contributed by atoms with Gasteiger partial charge in [0.1, 0.15) is 11.5 Å². The zero-order valence-corrected chi connectivity index (χ0v) is 24.9. The Labute approximate surface area is 261 Å². The molecule has 246 valence electrons. The number of carbonyl (C=O) groups is 2. The summed E-state index contributed by atoms with van der Waals surface area (Å²) in [7, 11) is 0. The van der Waals surface area contributed by atoms with Crippen LogP contribution in [0.4, 0.5) is 26.3 Å². The number of hydrogen-bond acceptors (Lipinski definition) is 5. The van der Waals surface area contributed by atoms with Gasteiger partial charge in [0.15, 0.2) is 0 Å². The van der Waals surface area contributed by atoms with Gasteiger partial charge in [-0.05, 0) is 61.2 Å². The predicted octanol–water partition coefficient (Wildman–Crippen LogP) is 7.06. The Bertz CT molecular complexity index is 1560.